The van der Waals surface area contributed by atoms with Crippen LogP contribution in [0.25, 0.3) is 0 Å². The highest BCUT2D eigenvalue weighted by molar-refractivity contribution is 7.99. The number of amides is 2. The average molecular weight is 526 g/mol. The third kappa shape index (κ3) is 7.89. The van der Waals surface area contributed by atoms with Gasteiger partial charge < -0.3 is 10.2 Å². The van der Waals surface area contributed by atoms with E-state index in [1.807, 2.05) is 13.0 Å². The molecule has 0 saturated heterocycles. The molecule has 2 amide bonds. The Kier molecular flexibility index (Phi) is 10.5. The molecule has 34 heavy (non-hydrogen) atoms. The molecular weight excluding hydrogens is 494 g/mol. The van der Waals surface area contributed by atoms with Crippen LogP contribution in [0.2, 0.25) is 10.0 Å². The molecule has 0 bridgehead atoms. The van der Waals surface area contributed by atoms with E-state index >= 15 is 0 Å². The van der Waals surface area contributed by atoms with Crippen LogP contribution in [0.1, 0.15) is 56.6 Å². The second kappa shape index (κ2) is 13.4. The first-order chi connectivity index (χ1) is 16.4. The molecule has 0 aliphatic heterocycles. The van der Waals surface area contributed by atoms with E-state index in [1.165, 1.54) is 30.3 Å². The smallest absolute Gasteiger partial charge is 0.243 e. The highest BCUT2D eigenvalue weighted by atomic mass is 35.5. The van der Waals surface area contributed by atoms with Crippen molar-refractivity contribution < 1.29 is 14.0 Å². The van der Waals surface area contributed by atoms with Gasteiger partial charge in [-0.2, -0.15) is 0 Å². The van der Waals surface area contributed by atoms with Crippen LogP contribution in [-0.2, 0) is 21.9 Å². The normalized spacial score (nSPS) is 15.1. The van der Waals surface area contributed by atoms with E-state index in [-0.39, 0.29) is 36.0 Å². The van der Waals surface area contributed by atoms with Gasteiger partial charge in [-0.25, -0.2) is 4.39 Å². The van der Waals surface area contributed by atoms with Crippen LogP contribution >= 0.6 is 35.0 Å². The molecule has 1 unspecified atom stereocenters. The number of hydrogen-bond acceptors (Lipinski definition) is 3. The summed E-state index contributed by atoms with van der Waals surface area (Å²) >= 11 is 13.7. The van der Waals surface area contributed by atoms with Crippen LogP contribution in [0.4, 0.5) is 4.39 Å². The molecule has 184 valence electrons. The van der Waals surface area contributed by atoms with E-state index < -0.39 is 6.04 Å². The van der Waals surface area contributed by atoms with Crippen LogP contribution in [-0.4, -0.2) is 34.6 Å². The zero-order valence-corrected chi connectivity index (χ0v) is 21.7. The fourth-order valence-corrected chi connectivity index (χ4v) is 5.41. The SMILES string of the molecule is CCC(C(=O)NC1CCCCC1)N(Cc1ccc(Cl)c(Cl)c1)C(=O)CSCc1ccc(F)cc1. The summed E-state index contributed by atoms with van der Waals surface area (Å²) in [7, 11) is 0. The first-order valence-electron chi connectivity index (χ1n) is 11.7. The first-order valence-corrected chi connectivity index (χ1v) is 13.6. The molecule has 0 aromatic heterocycles. The second-order valence-corrected chi connectivity index (χ2v) is 10.5. The highest BCUT2D eigenvalue weighted by Crippen LogP contribution is 2.25. The molecule has 2 aromatic rings. The zero-order chi connectivity index (χ0) is 24.5. The highest BCUT2D eigenvalue weighted by Gasteiger charge is 2.30. The van der Waals surface area contributed by atoms with Gasteiger partial charge in [-0.15, -0.1) is 11.8 Å². The molecule has 1 atom stereocenters. The Hall–Kier alpha value is -1.76. The standard InChI is InChI=1S/C26H31Cl2FN2O2S/c1-2-24(26(33)30-21-6-4-3-5-7-21)31(15-19-10-13-22(27)23(28)14-19)25(32)17-34-16-18-8-11-20(29)12-9-18/h8-14,21,24H,2-7,15-17H2,1H3,(H,30,33). The van der Waals surface area contributed by atoms with Crippen molar-refractivity contribution in [1.82, 2.24) is 10.2 Å². The number of thioether (sulfide) groups is 1. The van der Waals surface area contributed by atoms with E-state index in [2.05, 4.69) is 5.32 Å². The van der Waals surface area contributed by atoms with Crippen molar-refractivity contribution >= 4 is 46.8 Å². The van der Waals surface area contributed by atoms with Gasteiger partial charge in [-0.1, -0.05) is 67.6 Å². The molecule has 8 heteroatoms. The van der Waals surface area contributed by atoms with Crippen LogP contribution in [0.15, 0.2) is 42.5 Å². The quantitative estimate of drug-likeness (QED) is 0.379. The summed E-state index contributed by atoms with van der Waals surface area (Å²) in [6, 6.07) is 11.1. The third-order valence-corrected chi connectivity index (χ3v) is 7.81. The van der Waals surface area contributed by atoms with Crippen LogP contribution in [0.3, 0.4) is 0 Å². The monoisotopic (exact) mass is 524 g/mol. The molecule has 0 spiro atoms. The number of hydrogen-bond donors (Lipinski definition) is 1. The maximum Gasteiger partial charge on any atom is 0.243 e. The molecule has 2 aromatic carbocycles. The van der Waals surface area contributed by atoms with E-state index in [0.29, 0.717) is 22.2 Å². The average Bonchev–Trinajstić information content (AvgIpc) is 2.83. The number of nitrogens with one attached hydrogen (secondary N) is 1. The number of carbonyl (C=O) groups excluding carboxylic acids is 2. The predicted octanol–water partition coefficient (Wildman–Crippen LogP) is 6.62. The molecular formula is C26H31Cl2FN2O2S. The Morgan fingerprint density at radius 2 is 1.74 bits per heavy atom. The lowest BCUT2D eigenvalue weighted by atomic mass is 9.95. The van der Waals surface area contributed by atoms with E-state index in [1.54, 1.807) is 29.2 Å². The van der Waals surface area contributed by atoms with E-state index in [9.17, 15) is 14.0 Å². The molecule has 1 fully saturated rings. The fraction of sp³-hybridized carbons (Fsp3) is 0.462. The Labute approximate surface area is 215 Å². The summed E-state index contributed by atoms with van der Waals surface area (Å²) < 4.78 is 13.2. The van der Waals surface area contributed by atoms with Gasteiger partial charge in [0.15, 0.2) is 0 Å². The maximum absolute atomic E-state index is 13.3. The molecule has 0 radical (unpaired) electrons. The Morgan fingerprint density at radius 1 is 1.06 bits per heavy atom. The van der Waals surface area contributed by atoms with Crippen molar-refractivity contribution in [3.05, 3.63) is 69.5 Å². The molecule has 1 saturated carbocycles. The molecule has 4 nitrogen and oxygen atoms in total. The summed E-state index contributed by atoms with van der Waals surface area (Å²) in [4.78, 5) is 28.2. The van der Waals surface area contributed by atoms with Gasteiger partial charge in [0.25, 0.3) is 0 Å². The molecule has 3 rings (SSSR count). The van der Waals surface area contributed by atoms with Gasteiger partial charge in [0.1, 0.15) is 11.9 Å². The summed E-state index contributed by atoms with van der Waals surface area (Å²) in [5.41, 5.74) is 1.76. The maximum atomic E-state index is 13.3. The first kappa shape index (κ1) is 26.8. The van der Waals surface area contributed by atoms with Crippen molar-refractivity contribution in [2.24, 2.45) is 0 Å². The van der Waals surface area contributed by atoms with Gasteiger partial charge >= 0.3 is 0 Å². The van der Waals surface area contributed by atoms with Crippen LogP contribution < -0.4 is 5.32 Å². The zero-order valence-electron chi connectivity index (χ0n) is 19.4. The fourth-order valence-electron chi connectivity index (χ4n) is 4.22. The van der Waals surface area contributed by atoms with Crippen LogP contribution in [0.5, 0.6) is 0 Å². The molecule has 1 aliphatic rings. The molecule has 1 N–H and O–H groups in total. The molecule has 0 heterocycles. The minimum Gasteiger partial charge on any atom is -0.352 e. The predicted molar refractivity (Wildman–Crippen MR) is 139 cm³/mol. The lowest BCUT2D eigenvalue weighted by molar-refractivity contribution is -0.139. The summed E-state index contributed by atoms with van der Waals surface area (Å²) in [6.07, 6.45) is 5.92. The van der Waals surface area contributed by atoms with E-state index in [0.717, 1.165) is 36.8 Å². The third-order valence-electron chi connectivity index (χ3n) is 6.08. The van der Waals surface area contributed by atoms with Gasteiger partial charge in [-0.3, -0.25) is 9.59 Å². The van der Waals surface area contributed by atoms with Gasteiger partial charge in [0, 0.05) is 18.3 Å². The minimum atomic E-state index is -0.574. The summed E-state index contributed by atoms with van der Waals surface area (Å²) in [5, 5.41) is 4.03. The number of carbonyl (C=O) groups is 2. The molecule has 1 aliphatic carbocycles. The summed E-state index contributed by atoms with van der Waals surface area (Å²) in [5.74, 6) is 0.284. The lowest BCUT2D eigenvalue weighted by Crippen LogP contribution is -2.52. The van der Waals surface area contributed by atoms with Crippen molar-refractivity contribution in [2.45, 2.75) is 69.8 Å². The van der Waals surface area contributed by atoms with Crippen molar-refractivity contribution in [2.75, 3.05) is 5.75 Å². The Morgan fingerprint density at radius 3 is 2.38 bits per heavy atom. The van der Waals surface area contributed by atoms with E-state index in [4.69, 9.17) is 23.2 Å². The van der Waals surface area contributed by atoms with Crippen molar-refractivity contribution in [1.29, 1.82) is 0 Å². The Balaban J connectivity index is 1.71. The minimum absolute atomic E-state index is 0.105. The van der Waals surface area contributed by atoms with Gasteiger partial charge in [0.2, 0.25) is 11.8 Å². The summed E-state index contributed by atoms with van der Waals surface area (Å²) in [6.45, 7) is 2.19. The Bertz CT molecular complexity index is 968. The lowest BCUT2D eigenvalue weighted by Gasteiger charge is -2.33. The number of rotatable bonds is 10. The van der Waals surface area contributed by atoms with Gasteiger partial charge in [0.05, 0.1) is 15.8 Å². The number of benzene rings is 2. The van der Waals surface area contributed by atoms with Crippen LogP contribution in [0, 0.1) is 5.82 Å². The van der Waals surface area contributed by atoms with Crippen molar-refractivity contribution in [3.63, 3.8) is 0 Å². The topological polar surface area (TPSA) is 49.4 Å². The van der Waals surface area contributed by atoms with Gasteiger partial charge in [-0.05, 0) is 54.7 Å². The number of halogens is 3. The van der Waals surface area contributed by atoms with Crippen molar-refractivity contribution in [3.8, 4) is 0 Å². The largest absolute Gasteiger partial charge is 0.352 e. The number of nitrogens with zero attached hydrogens (tertiary/aromatic N) is 1. The second-order valence-electron chi connectivity index (χ2n) is 8.66.